The molecular formula is C20H26FN3O2. The standard InChI is InChI=1S/C20H26FN3O2/c1-13(2)23-20(25)10-15-7-8-22-12-16(15)9-18-11-19(26-24-18)14-3-5-17(21)6-4-14/h3-6,11,13,15-16,22H,7-10,12H2,1-2H3,(H,23,25)/t15-,16+/m1/s1. The smallest absolute Gasteiger partial charge is 0.220 e. The van der Waals surface area contributed by atoms with Crippen molar-refractivity contribution in [3.63, 3.8) is 0 Å². The molecule has 1 fully saturated rings. The molecule has 2 N–H and O–H groups in total. The predicted molar refractivity (Wildman–Crippen MR) is 98.0 cm³/mol. The third-order valence-electron chi connectivity index (χ3n) is 4.82. The van der Waals surface area contributed by atoms with E-state index in [0.717, 1.165) is 37.2 Å². The lowest BCUT2D eigenvalue weighted by Crippen LogP contribution is -2.41. The number of nitrogens with zero attached hydrogens (tertiary/aromatic N) is 1. The van der Waals surface area contributed by atoms with E-state index in [-0.39, 0.29) is 17.8 Å². The van der Waals surface area contributed by atoms with Crippen molar-refractivity contribution in [3.8, 4) is 11.3 Å². The molecule has 3 rings (SSSR count). The first kappa shape index (κ1) is 18.6. The summed E-state index contributed by atoms with van der Waals surface area (Å²) in [5, 5.41) is 10.6. The minimum absolute atomic E-state index is 0.115. The zero-order chi connectivity index (χ0) is 18.5. The van der Waals surface area contributed by atoms with E-state index in [4.69, 9.17) is 4.52 Å². The lowest BCUT2D eigenvalue weighted by Gasteiger charge is -2.31. The van der Waals surface area contributed by atoms with Crippen molar-refractivity contribution in [2.45, 2.75) is 39.2 Å². The number of benzene rings is 1. The molecule has 6 heteroatoms. The number of nitrogens with one attached hydrogen (secondary N) is 2. The molecule has 1 saturated heterocycles. The first-order valence-corrected chi connectivity index (χ1v) is 9.23. The Morgan fingerprint density at radius 2 is 2.12 bits per heavy atom. The lowest BCUT2D eigenvalue weighted by molar-refractivity contribution is -0.123. The first-order valence-electron chi connectivity index (χ1n) is 9.23. The molecule has 2 atom stereocenters. The number of halogens is 1. The predicted octanol–water partition coefficient (Wildman–Crippen LogP) is 3.16. The number of carbonyl (C=O) groups excluding carboxylic acids is 1. The van der Waals surface area contributed by atoms with E-state index in [1.54, 1.807) is 12.1 Å². The number of carbonyl (C=O) groups is 1. The van der Waals surface area contributed by atoms with Crippen LogP contribution in [0.4, 0.5) is 4.39 Å². The molecule has 1 amide bonds. The third kappa shape index (κ3) is 4.91. The number of piperidine rings is 1. The van der Waals surface area contributed by atoms with Gasteiger partial charge in [0.25, 0.3) is 0 Å². The van der Waals surface area contributed by atoms with Crippen molar-refractivity contribution in [2.75, 3.05) is 13.1 Å². The number of rotatable bonds is 6. The van der Waals surface area contributed by atoms with Crippen molar-refractivity contribution < 1.29 is 13.7 Å². The maximum absolute atomic E-state index is 13.1. The van der Waals surface area contributed by atoms with Crippen LogP contribution in [-0.2, 0) is 11.2 Å². The summed E-state index contributed by atoms with van der Waals surface area (Å²) in [7, 11) is 0. The molecule has 0 radical (unpaired) electrons. The van der Waals surface area contributed by atoms with E-state index in [0.29, 0.717) is 24.0 Å². The summed E-state index contributed by atoms with van der Waals surface area (Å²) in [5.41, 5.74) is 1.67. The summed E-state index contributed by atoms with van der Waals surface area (Å²) in [5.74, 6) is 1.15. The van der Waals surface area contributed by atoms with Crippen LogP contribution in [0.15, 0.2) is 34.9 Å². The van der Waals surface area contributed by atoms with Gasteiger partial charge in [-0.05, 0) is 75.9 Å². The van der Waals surface area contributed by atoms with Gasteiger partial charge in [-0.2, -0.15) is 0 Å². The van der Waals surface area contributed by atoms with Gasteiger partial charge in [-0.25, -0.2) is 4.39 Å². The van der Waals surface area contributed by atoms with Gasteiger partial charge < -0.3 is 15.2 Å². The summed E-state index contributed by atoms with van der Waals surface area (Å²) < 4.78 is 18.5. The van der Waals surface area contributed by atoms with Crippen LogP contribution < -0.4 is 10.6 Å². The third-order valence-corrected chi connectivity index (χ3v) is 4.82. The summed E-state index contributed by atoms with van der Waals surface area (Å²) >= 11 is 0. The van der Waals surface area contributed by atoms with Gasteiger partial charge in [0.1, 0.15) is 5.82 Å². The molecule has 1 aliphatic rings. The fourth-order valence-corrected chi connectivity index (χ4v) is 3.53. The largest absolute Gasteiger partial charge is 0.356 e. The number of aromatic nitrogens is 1. The van der Waals surface area contributed by atoms with Gasteiger partial charge in [0.2, 0.25) is 5.91 Å². The van der Waals surface area contributed by atoms with Crippen molar-refractivity contribution in [1.29, 1.82) is 0 Å². The highest BCUT2D eigenvalue weighted by atomic mass is 19.1. The highest BCUT2D eigenvalue weighted by Gasteiger charge is 2.28. The zero-order valence-electron chi connectivity index (χ0n) is 15.3. The minimum Gasteiger partial charge on any atom is -0.356 e. The molecule has 0 aliphatic carbocycles. The van der Waals surface area contributed by atoms with Gasteiger partial charge >= 0.3 is 0 Å². The molecule has 140 valence electrons. The number of hydrogen-bond acceptors (Lipinski definition) is 4. The van der Waals surface area contributed by atoms with Crippen molar-refractivity contribution in [1.82, 2.24) is 15.8 Å². The van der Waals surface area contributed by atoms with Gasteiger partial charge in [-0.15, -0.1) is 0 Å². The molecule has 2 aromatic rings. The van der Waals surface area contributed by atoms with Crippen LogP contribution in [0.2, 0.25) is 0 Å². The first-order chi connectivity index (χ1) is 12.5. The lowest BCUT2D eigenvalue weighted by atomic mass is 9.81. The molecule has 0 unspecified atom stereocenters. The van der Waals surface area contributed by atoms with Crippen molar-refractivity contribution in [3.05, 3.63) is 41.8 Å². The Morgan fingerprint density at radius 1 is 1.35 bits per heavy atom. The van der Waals surface area contributed by atoms with E-state index in [1.807, 2.05) is 19.9 Å². The molecule has 26 heavy (non-hydrogen) atoms. The van der Waals surface area contributed by atoms with Gasteiger partial charge in [0, 0.05) is 24.1 Å². The average molecular weight is 359 g/mol. The molecule has 1 aromatic carbocycles. The quantitative estimate of drug-likeness (QED) is 0.831. The Balaban J connectivity index is 1.64. The second-order valence-corrected chi connectivity index (χ2v) is 7.33. The van der Waals surface area contributed by atoms with Gasteiger partial charge in [-0.1, -0.05) is 5.16 Å². The maximum atomic E-state index is 13.1. The van der Waals surface area contributed by atoms with Crippen LogP contribution in [0.1, 0.15) is 32.4 Å². The highest BCUT2D eigenvalue weighted by molar-refractivity contribution is 5.76. The minimum atomic E-state index is -0.274. The number of amides is 1. The van der Waals surface area contributed by atoms with Crippen LogP contribution >= 0.6 is 0 Å². The van der Waals surface area contributed by atoms with E-state index in [1.165, 1.54) is 12.1 Å². The topological polar surface area (TPSA) is 67.2 Å². The Hall–Kier alpha value is -2.21. The molecule has 0 saturated carbocycles. The second-order valence-electron chi connectivity index (χ2n) is 7.33. The van der Waals surface area contributed by atoms with Crippen LogP contribution in [0.25, 0.3) is 11.3 Å². The Labute approximate surface area is 153 Å². The molecule has 1 aromatic heterocycles. The molecule has 5 nitrogen and oxygen atoms in total. The average Bonchev–Trinajstić information content (AvgIpc) is 3.05. The zero-order valence-corrected chi connectivity index (χ0v) is 15.3. The summed E-state index contributed by atoms with van der Waals surface area (Å²) in [4.78, 5) is 12.1. The van der Waals surface area contributed by atoms with Crippen LogP contribution in [0.5, 0.6) is 0 Å². The fourth-order valence-electron chi connectivity index (χ4n) is 3.53. The molecule has 0 spiro atoms. The fraction of sp³-hybridized carbons (Fsp3) is 0.500. The maximum Gasteiger partial charge on any atom is 0.220 e. The van der Waals surface area contributed by atoms with Gasteiger partial charge in [0.15, 0.2) is 5.76 Å². The SMILES string of the molecule is CC(C)NC(=O)C[C@H]1CCNC[C@@H]1Cc1cc(-c2ccc(F)cc2)on1. The van der Waals surface area contributed by atoms with Gasteiger partial charge in [0.05, 0.1) is 5.69 Å². The summed E-state index contributed by atoms with van der Waals surface area (Å²) in [6, 6.07) is 8.25. The second kappa shape index (κ2) is 8.45. The normalized spacial score (nSPS) is 20.3. The van der Waals surface area contributed by atoms with E-state index in [9.17, 15) is 9.18 Å². The monoisotopic (exact) mass is 359 g/mol. The molecular weight excluding hydrogens is 333 g/mol. The van der Waals surface area contributed by atoms with E-state index in [2.05, 4.69) is 15.8 Å². The van der Waals surface area contributed by atoms with Gasteiger partial charge in [-0.3, -0.25) is 4.79 Å². The summed E-state index contributed by atoms with van der Waals surface area (Å²) in [6.45, 7) is 5.77. The number of hydrogen-bond donors (Lipinski definition) is 2. The van der Waals surface area contributed by atoms with E-state index >= 15 is 0 Å². The highest BCUT2D eigenvalue weighted by Crippen LogP contribution is 2.28. The van der Waals surface area contributed by atoms with Crippen LogP contribution in [0, 0.1) is 17.7 Å². The summed E-state index contributed by atoms with van der Waals surface area (Å²) in [6.07, 6.45) is 2.30. The van der Waals surface area contributed by atoms with Crippen molar-refractivity contribution >= 4 is 5.91 Å². The van der Waals surface area contributed by atoms with Crippen molar-refractivity contribution in [2.24, 2.45) is 11.8 Å². The Kier molecular flexibility index (Phi) is 6.04. The van der Waals surface area contributed by atoms with Crippen LogP contribution in [-0.4, -0.2) is 30.2 Å². The van der Waals surface area contributed by atoms with E-state index < -0.39 is 0 Å². The van der Waals surface area contributed by atoms with Crippen LogP contribution in [0.3, 0.4) is 0 Å². The Morgan fingerprint density at radius 3 is 2.85 bits per heavy atom. The molecule has 2 heterocycles. The Bertz CT molecular complexity index is 727. The molecule has 1 aliphatic heterocycles. The molecule has 0 bridgehead atoms.